The van der Waals surface area contributed by atoms with Gasteiger partial charge < -0.3 is 9.80 Å². The Bertz CT molecular complexity index is 504. The van der Waals surface area contributed by atoms with Gasteiger partial charge in [-0.15, -0.1) is 0 Å². The predicted octanol–water partition coefficient (Wildman–Crippen LogP) is 1.54. The van der Waals surface area contributed by atoms with E-state index < -0.39 is 0 Å². The largest absolute Gasteiger partial charge is 0.361 e. The molecule has 94 valence electrons. The van der Waals surface area contributed by atoms with Crippen LogP contribution in [0.2, 0.25) is 0 Å². The summed E-state index contributed by atoms with van der Waals surface area (Å²) in [5, 5.41) is 9.19. The lowest BCUT2D eigenvalue weighted by Gasteiger charge is -2.24. The number of likely N-dealkylation sites (N-methyl/N-ethyl adjacent to an activating group) is 1. The van der Waals surface area contributed by atoms with E-state index in [1.165, 1.54) is 0 Å². The molecule has 0 saturated carbocycles. The molecule has 1 fully saturated rings. The van der Waals surface area contributed by atoms with E-state index in [0.717, 1.165) is 30.8 Å². The number of benzene rings is 1. The van der Waals surface area contributed by atoms with Gasteiger partial charge in [0.2, 0.25) is 5.91 Å². The lowest BCUT2D eigenvalue weighted by molar-refractivity contribution is -0.127. The highest BCUT2D eigenvalue weighted by atomic mass is 16.2. The van der Waals surface area contributed by atoms with Crippen molar-refractivity contribution in [3.8, 4) is 6.07 Å². The van der Waals surface area contributed by atoms with E-state index in [2.05, 4.69) is 6.07 Å². The van der Waals surface area contributed by atoms with Gasteiger partial charge in [0.1, 0.15) is 6.07 Å². The SMILES string of the molecule is Cc1cccc(C#N)c1N1CCCN(C)C(=O)C1. The molecular weight excluding hydrogens is 226 g/mol. The molecule has 0 unspecified atom stereocenters. The molecule has 4 heteroatoms. The van der Waals surface area contributed by atoms with E-state index in [1.54, 1.807) is 11.0 Å². The summed E-state index contributed by atoms with van der Waals surface area (Å²) in [4.78, 5) is 15.7. The van der Waals surface area contributed by atoms with Crippen molar-refractivity contribution in [1.82, 2.24) is 4.90 Å². The molecule has 1 aromatic carbocycles. The van der Waals surface area contributed by atoms with Gasteiger partial charge in [-0.1, -0.05) is 12.1 Å². The van der Waals surface area contributed by atoms with Crippen LogP contribution in [0.25, 0.3) is 0 Å². The zero-order valence-corrected chi connectivity index (χ0v) is 10.8. The zero-order valence-electron chi connectivity index (χ0n) is 10.8. The lowest BCUT2D eigenvalue weighted by Crippen LogP contribution is -2.35. The number of aryl methyl sites for hydroxylation is 1. The molecule has 1 aliphatic rings. The van der Waals surface area contributed by atoms with Gasteiger partial charge in [0.25, 0.3) is 0 Å². The number of amides is 1. The van der Waals surface area contributed by atoms with Crippen LogP contribution in [0.5, 0.6) is 0 Å². The maximum Gasteiger partial charge on any atom is 0.241 e. The monoisotopic (exact) mass is 243 g/mol. The van der Waals surface area contributed by atoms with Crippen molar-refractivity contribution >= 4 is 11.6 Å². The van der Waals surface area contributed by atoms with Gasteiger partial charge in [0.15, 0.2) is 0 Å². The molecule has 18 heavy (non-hydrogen) atoms. The summed E-state index contributed by atoms with van der Waals surface area (Å²) in [6.45, 7) is 3.93. The first-order valence-corrected chi connectivity index (χ1v) is 6.12. The predicted molar refractivity (Wildman–Crippen MR) is 70.4 cm³/mol. The van der Waals surface area contributed by atoms with Crippen LogP contribution in [-0.4, -0.2) is 37.5 Å². The topological polar surface area (TPSA) is 47.3 Å². The van der Waals surface area contributed by atoms with Gasteiger partial charge in [-0.25, -0.2) is 0 Å². The van der Waals surface area contributed by atoms with E-state index in [0.29, 0.717) is 12.1 Å². The summed E-state index contributed by atoms with van der Waals surface area (Å²) < 4.78 is 0. The molecule has 0 N–H and O–H groups in total. The molecule has 1 amide bonds. The summed E-state index contributed by atoms with van der Waals surface area (Å²) in [6, 6.07) is 7.88. The van der Waals surface area contributed by atoms with E-state index in [4.69, 9.17) is 0 Å². The quantitative estimate of drug-likeness (QED) is 0.751. The second-order valence-electron chi connectivity index (χ2n) is 4.67. The summed E-state index contributed by atoms with van der Waals surface area (Å²) >= 11 is 0. The molecule has 4 nitrogen and oxygen atoms in total. The first-order chi connectivity index (χ1) is 8.63. The van der Waals surface area contributed by atoms with Crippen LogP contribution in [-0.2, 0) is 4.79 Å². The maximum absolute atomic E-state index is 11.9. The fourth-order valence-electron chi connectivity index (χ4n) is 2.35. The Kier molecular flexibility index (Phi) is 3.52. The first kappa shape index (κ1) is 12.4. The Balaban J connectivity index is 2.37. The molecular formula is C14H17N3O. The van der Waals surface area contributed by atoms with Crippen LogP contribution >= 0.6 is 0 Å². The second kappa shape index (κ2) is 5.09. The third kappa shape index (κ3) is 2.30. The summed E-state index contributed by atoms with van der Waals surface area (Å²) in [5.74, 6) is 0.111. The van der Waals surface area contributed by atoms with E-state index in [-0.39, 0.29) is 5.91 Å². The highest BCUT2D eigenvalue weighted by Crippen LogP contribution is 2.25. The Labute approximate surface area is 107 Å². The highest BCUT2D eigenvalue weighted by molar-refractivity contribution is 5.83. The molecule has 1 saturated heterocycles. The summed E-state index contributed by atoms with van der Waals surface area (Å²) in [5.41, 5.74) is 2.60. The zero-order chi connectivity index (χ0) is 13.1. The Morgan fingerprint density at radius 1 is 1.33 bits per heavy atom. The van der Waals surface area contributed by atoms with Crippen LogP contribution in [0.3, 0.4) is 0 Å². The first-order valence-electron chi connectivity index (χ1n) is 6.12. The molecule has 1 aliphatic heterocycles. The van der Waals surface area contributed by atoms with Crippen LogP contribution in [0.4, 0.5) is 5.69 Å². The van der Waals surface area contributed by atoms with Crippen molar-refractivity contribution < 1.29 is 4.79 Å². The van der Waals surface area contributed by atoms with Crippen molar-refractivity contribution in [3.63, 3.8) is 0 Å². The fraction of sp³-hybridized carbons (Fsp3) is 0.429. The molecule has 0 bridgehead atoms. The fourth-order valence-corrected chi connectivity index (χ4v) is 2.35. The van der Waals surface area contributed by atoms with Crippen LogP contribution in [0.1, 0.15) is 17.5 Å². The standard InChI is InChI=1S/C14H17N3O/c1-11-5-3-6-12(9-15)14(11)17-8-4-7-16(2)13(18)10-17/h3,5-6H,4,7-8,10H2,1-2H3. The number of nitriles is 1. The third-order valence-corrected chi connectivity index (χ3v) is 3.35. The molecule has 0 spiro atoms. The number of anilines is 1. The molecule has 1 heterocycles. The Morgan fingerprint density at radius 3 is 2.83 bits per heavy atom. The van der Waals surface area contributed by atoms with Gasteiger partial charge in [0.05, 0.1) is 17.8 Å². The molecule has 0 radical (unpaired) electrons. The van der Waals surface area contributed by atoms with Gasteiger partial charge in [-0.05, 0) is 25.0 Å². The number of hydrogen-bond donors (Lipinski definition) is 0. The number of hydrogen-bond acceptors (Lipinski definition) is 3. The normalized spacial score (nSPS) is 16.4. The maximum atomic E-state index is 11.9. The van der Waals surface area contributed by atoms with Crippen molar-refractivity contribution in [1.29, 1.82) is 5.26 Å². The van der Waals surface area contributed by atoms with E-state index in [9.17, 15) is 10.1 Å². The molecule has 0 aromatic heterocycles. The van der Waals surface area contributed by atoms with Crippen LogP contribution in [0.15, 0.2) is 18.2 Å². The lowest BCUT2D eigenvalue weighted by atomic mass is 10.1. The molecule has 2 rings (SSSR count). The number of nitrogens with zero attached hydrogens (tertiary/aromatic N) is 3. The number of carbonyl (C=O) groups is 1. The average Bonchev–Trinajstić information content (AvgIpc) is 2.51. The minimum atomic E-state index is 0.111. The van der Waals surface area contributed by atoms with Gasteiger partial charge >= 0.3 is 0 Å². The van der Waals surface area contributed by atoms with Gasteiger partial charge in [-0.3, -0.25) is 4.79 Å². The Hall–Kier alpha value is -2.02. The second-order valence-corrected chi connectivity index (χ2v) is 4.67. The van der Waals surface area contributed by atoms with E-state index in [1.807, 2.05) is 31.0 Å². The number of rotatable bonds is 1. The van der Waals surface area contributed by atoms with Crippen molar-refractivity contribution in [3.05, 3.63) is 29.3 Å². The molecule has 0 atom stereocenters. The van der Waals surface area contributed by atoms with Crippen LogP contribution < -0.4 is 4.90 Å². The molecule has 0 aliphatic carbocycles. The van der Waals surface area contributed by atoms with Crippen molar-refractivity contribution in [2.75, 3.05) is 31.6 Å². The summed E-state index contributed by atoms with van der Waals surface area (Å²) in [6.07, 6.45) is 0.932. The van der Waals surface area contributed by atoms with Crippen LogP contribution in [0, 0.1) is 18.3 Å². The number of para-hydroxylation sites is 1. The Morgan fingerprint density at radius 2 is 2.11 bits per heavy atom. The van der Waals surface area contributed by atoms with Crippen molar-refractivity contribution in [2.45, 2.75) is 13.3 Å². The van der Waals surface area contributed by atoms with Crippen molar-refractivity contribution in [2.24, 2.45) is 0 Å². The van der Waals surface area contributed by atoms with E-state index >= 15 is 0 Å². The van der Waals surface area contributed by atoms with Gasteiger partial charge in [0, 0.05) is 20.1 Å². The number of carbonyl (C=O) groups excluding carboxylic acids is 1. The minimum Gasteiger partial charge on any atom is -0.361 e. The summed E-state index contributed by atoms with van der Waals surface area (Å²) in [7, 11) is 1.83. The minimum absolute atomic E-state index is 0.111. The highest BCUT2D eigenvalue weighted by Gasteiger charge is 2.21. The third-order valence-electron chi connectivity index (χ3n) is 3.35. The molecule has 1 aromatic rings. The van der Waals surface area contributed by atoms with Gasteiger partial charge in [-0.2, -0.15) is 5.26 Å². The smallest absolute Gasteiger partial charge is 0.241 e. The average molecular weight is 243 g/mol.